The van der Waals surface area contributed by atoms with Crippen LogP contribution in [-0.2, 0) is 9.53 Å². The number of hydrogen-bond donors (Lipinski definition) is 2. The zero-order valence-electron chi connectivity index (χ0n) is 10.1. The third-order valence-corrected chi connectivity index (χ3v) is 3.32. The van der Waals surface area contributed by atoms with E-state index in [-0.39, 0.29) is 29.8 Å². The molecule has 96 valence electrons. The van der Waals surface area contributed by atoms with Crippen molar-refractivity contribution in [2.24, 2.45) is 11.7 Å². The van der Waals surface area contributed by atoms with E-state index >= 15 is 0 Å². The van der Waals surface area contributed by atoms with Crippen molar-refractivity contribution in [1.29, 1.82) is 0 Å². The average Bonchev–Trinajstić information content (AvgIpc) is 2.79. The molecule has 0 spiro atoms. The Balaban J connectivity index is 0.00000225. The summed E-state index contributed by atoms with van der Waals surface area (Å²) >= 11 is 0. The van der Waals surface area contributed by atoms with Gasteiger partial charge in [-0.25, -0.2) is 0 Å². The average molecular weight is 251 g/mol. The lowest BCUT2D eigenvalue weighted by atomic mass is 9.94. The molecule has 0 aromatic rings. The number of nitrogens with two attached hydrogens (primary N) is 1. The smallest absolute Gasteiger partial charge is 0.225 e. The molecule has 1 aliphatic rings. The first kappa shape index (κ1) is 15.7. The van der Waals surface area contributed by atoms with Gasteiger partial charge in [0.2, 0.25) is 5.91 Å². The van der Waals surface area contributed by atoms with Gasteiger partial charge in [-0.05, 0) is 19.3 Å². The van der Waals surface area contributed by atoms with Gasteiger partial charge in [0.25, 0.3) is 0 Å². The van der Waals surface area contributed by atoms with E-state index in [9.17, 15) is 4.79 Å². The predicted molar refractivity (Wildman–Crippen MR) is 66.7 cm³/mol. The van der Waals surface area contributed by atoms with Gasteiger partial charge in [-0.15, -0.1) is 12.4 Å². The van der Waals surface area contributed by atoms with E-state index in [4.69, 9.17) is 10.5 Å². The molecule has 1 saturated heterocycles. The van der Waals surface area contributed by atoms with Gasteiger partial charge >= 0.3 is 0 Å². The fraction of sp³-hybridized carbons (Fsp3) is 0.909. The monoisotopic (exact) mass is 250 g/mol. The zero-order valence-corrected chi connectivity index (χ0v) is 10.9. The standard InChI is InChI=1S/C11H22N2O2.ClH/c1-3-11(12,4-2)8-13-10(14)9-5-6-15-7-9;/h9H,3-8,12H2,1-2H3,(H,13,14);1H. The van der Waals surface area contributed by atoms with Crippen molar-refractivity contribution < 1.29 is 9.53 Å². The van der Waals surface area contributed by atoms with E-state index in [1.165, 1.54) is 0 Å². The number of ether oxygens (including phenoxy) is 1. The van der Waals surface area contributed by atoms with Crippen molar-refractivity contribution in [3.05, 3.63) is 0 Å². The molecule has 1 aliphatic heterocycles. The minimum absolute atomic E-state index is 0. The summed E-state index contributed by atoms with van der Waals surface area (Å²) in [4.78, 5) is 11.7. The maximum atomic E-state index is 11.7. The molecule has 0 saturated carbocycles. The number of hydrogen-bond acceptors (Lipinski definition) is 3. The Hall–Kier alpha value is -0.320. The molecule has 1 fully saturated rings. The van der Waals surface area contributed by atoms with Crippen LogP contribution < -0.4 is 11.1 Å². The Bertz CT molecular complexity index is 214. The number of rotatable bonds is 5. The first-order chi connectivity index (χ1) is 7.11. The molecule has 0 radical (unpaired) electrons. The third-order valence-electron chi connectivity index (χ3n) is 3.32. The van der Waals surface area contributed by atoms with E-state index in [1.807, 2.05) is 13.8 Å². The van der Waals surface area contributed by atoms with E-state index < -0.39 is 0 Å². The predicted octanol–water partition coefficient (Wildman–Crippen LogP) is 1.08. The van der Waals surface area contributed by atoms with Gasteiger partial charge in [-0.3, -0.25) is 4.79 Å². The summed E-state index contributed by atoms with van der Waals surface area (Å²) in [5, 5.41) is 2.92. The van der Waals surface area contributed by atoms with E-state index in [1.54, 1.807) is 0 Å². The summed E-state index contributed by atoms with van der Waals surface area (Å²) < 4.78 is 5.17. The van der Waals surface area contributed by atoms with Crippen molar-refractivity contribution in [3.63, 3.8) is 0 Å². The van der Waals surface area contributed by atoms with Gasteiger partial charge in [-0.2, -0.15) is 0 Å². The van der Waals surface area contributed by atoms with Gasteiger partial charge in [0.15, 0.2) is 0 Å². The van der Waals surface area contributed by atoms with Crippen LogP contribution in [-0.4, -0.2) is 31.2 Å². The van der Waals surface area contributed by atoms with Crippen molar-refractivity contribution in [1.82, 2.24) is 5.32 Å². The molecule has 4 nitrogen and oxygen atoms in total. The molecule has 0 aliphatic carbocycles. The summed E-state index contributed by atoms with van der Waals surface area (Å²) in [7, 11) is 0. The maximum absolute atomic E-state index is 11.7. The van der Waals surface area contributed by atoms with E-state index in [0.717, 1.165) is 19.3 Å². The molecule has 5 heteroatoms. The fourth-order valence-electron chi connectivity index (χ4n) is 1.65. The lowest BCUT2D eigenvalue weighted by Crippen LogP contribution is -2.50. The summed E-state index contributed by atoms with van der Waals surface area (Å²) in [6, 6.07) is 0. The van der Waals surface area contributed by atoms with Crippen LogP contribution in [0.2, 0.25) is 0 Å². The highest BCUT2D eigenvalue weighted by Gasteiger charge is 2.26. The Labute approximate surface area is 104 Å². The van der Waals surface area contributed by atoms with Crippen LogP contribution in [0, 0.1) is 5.92 Å². The number of halogens is 1. The molecule has 1 heterocycles. The van der Waals surface area contributed by atoms with Crippen molar-refractivity contribution >= 4 is 18.3 Å². The Morgan fingerprint density at radius 1 is 1.50 bits per heavy atom. The second-order valence-corrected chi connectivity index (χ2v) is 4.35. The first-order valence-electron chi connectivity index (χ1n) is 5.75. The minimum Gasteiger partial charge on any atom is -0.381 e. The van der Waals surface area contributed by atoms with Gasteiger partial charge in [-0.1, -0.05) is 13.8 Å². The normalized spacial score (nSPS) is 20.3. The quantitative estimate of drug-likeness (QED) is 0.768. The number of amides is 1. The third kappa shape index (κ3) is 4.28. The van der Waals surface area contributed by atoms with Crippen LogP contribution in [0.3, 0.4) is 0 Å². The van der Waals surface area contributed by atoms with Gasteiger partial charge in [0.05, 0.1) is 12.5 Å². The summed E-state index contributed by atoms with van der Waals surface area (Å²) in [5.74, 6) is 0.118. The molecule has 1 unspecified atom stereocenters. The molecule has 0 bridgehead atoms. The molecule has 1 atom stereocenters. The summed E-state index contributed by atoms with van der Waals surface area (Å²) in [6.07, 6.45) is 2.59. The number of carbonyl (C=O) groups excluding carboxylic acids is 1. The Morgan fingerprint density at radius 2 is 2.12 bits per heavy atom. The van der Waals surface area contributed by atoms with Crippen molar-refractivity contribution in [2.75, 3.05) is 19.8 Å². The van der Waals surface area contributed by atoms with E-state index in [0.29, 0.717) is 19.8 Å². The SMILES string of the molecule is CCC(N)(CC)CNC(=O)C1CCOC1.Cl. The van der Waals surface area contributed by atoms with Crippen LogP contribution in [0.25, 0.3) is 0 Å². The van der Waals surface area contributed by atoms with Crippen LogP contribution in [0.4, 0.5) is 0 Å². The number of nitrogens with one attached hydrogen (secondary N) is 1. The van der Waals surface area contributed by atoms with Gasteiger partial charge in [0, 0.05) is 18.7 Å². The van der Waals surface area contributed by atoms with Gasteiger partial charge < -0.3 is 15.8 Å². The van der Waals surface area contributed by atoms with E-state index in [2.05, 4.69) is 5.32 Å². The van der Waals surface area contributed by atoms with Crippen molar-refractivity contribution in [3.8, 4) is 0 Å². The van der Waals surface area contributed by atoms with Crippen molar-refractivity contribution in [2.45, 2.75) is 38.6 Å². The molecule has 0 aromatic carbocycles. The van der Waals surface area contributed by atoms with Gasteiger partial charge in [0.1, 0.15) is 0 Å². The van der Waals surface area contributed by atoms with Crippen LogP contribution in [0.5, 0.6) is 0 Å². The molecule has 0 aromatic heterocycles. The highest BCUT2D eigenvalue weighted by molar-refractivity contribution is 5.85. The Morgan fingerprint density at radius 3 is 2.56 bits per heavy atom. The molecular weight excluding hydrogens is 228 g/mol. The molecular formula is C11H23ClN2O2. The fourth-order valence-corrected chi connectivity index (χ4v) is 1.65. The highest BCUT2D eigenvalue weighted by atomic mass is 35.5. The summed E-state index contributed by atoms with van der Waals surface area (Å²) in [5.41, 5.74) is 5.84. The molecule has 1 rings (SSSR count). The van der Waals surface area contributed by atoms with Crippen LogP contribution in [0.15, 0.2) is 0 Å². The number of carbonyl (C=O) groups is 1. The lowest BCUT2D eigenvalue weighted by molar-refractivity contribution is -0.125. The minimum atomic E-state index is -0.255. The zero-order chi connectivity index (χ0) is 11.3. The highest BCUT2D eigenvalue weighted by Crippen LogP contribution is 2.13. The largest absolute Gasteiger partial charge is 0.381 e. The molecule has 3 N–H and O–H groups in total. The lowest BCUT2D eigenvalue weighted by Gasteiger charge is -2.27. The second-order valence-electron chi connectivity index (χ2n) is 4.35. The Kier molecular flexibility index (Phi) is 6.95. The molecule has 16 heavy (non-hydrogen) atoms. The van der Waals surface area contributed by atoms with Crippen LogP contribution in [0.1, 0.15) is 33.1 Å². The second kappa shape index (κ2) is 7.09. The summed E-state index contributed by atoms with van der Waals surface area (Å²) in [6.45, 7) is 5.92. The maximum Gasteiger partial charge on any atom is 0.225 e. The molecule has 1 amide bonds. The first-order valence-corrected chi connectivity index (χ1v) is 5.75. The topological polar surface area (TPSA) is 64.3 Å². The van der Waals surface area contributed by atoms with Crippen LogP contribution >= 0.6 is 12.4 Å².